The summed E-state index contributed by atoms with van der Waals surface area (Å²) >= 11 is 4.93. The van der Waals surface area contributed by atoms with Crippen LogP contribution in [-0.4, -0.2) is 11.6 Å². The van der Waals surface area contributed by atoms with Crippen molar-refractivity contribution in [1.29, 1.82) is 0 Å². The van der Waals surface area contributed by atoms with Gasteiger partial charge in [0, 0.05) is 0 Å². The highest BCUT2D eigenvalue weighted by atomic mass is 32.1. The Morgan fingerprint density at radius 3 is 2.64 bits per heavy atom. The molecule has 1 rings (SSSR count). The molecule has 0 saturated carbocycles. The minimum absolute atomic E-state index is 0.379. The van der Waals surface area contributed by atoms with Gasteiger partial charge in [-0.15, -0.1) is 0 Å². The van der Waals surface area contributed by atoms with Crippen molar-refractivity contribution in [3.05, 3.63) is 29.8 Å². The predicted molar refractivity (Wildman–Crippen MR) is 62.7 cm³/mol. The Balaban J connectivity index is 2.79. The van der Waals surface area contributed by atoms with Crippen molar-refractivity contribution < 1.29 is 4.74 Å². The maximum atomic E-state index is 5.59. The molecule has 2 nitrogen and oxygen atoms in total. The van der Waals surface area contributed by atoms with Crippen LogP contribution in [0, 0.1) is 5.92 Å². The molecular weight excluding hydrogens is 194 g/mol. The summed E-state index contributed by atoms with van der Waals surface area (Å²) in [5.74, 6) is 1.27. The Morgan fingerprint density at radius 1 is 1.43 bits per heavy atom. The molecule has 14 heavy (non-hydrogen) atoms. The molecular formula is C11H15NOS. The predicted octanol–water partition coefficient (Wildman–Crippen LogP) is 2.36. The number of benzene rings is 1. The van der Waals surface area contributed by atoms with Crippen molar-refractivity contribution >= 4 is 17.2 Å². The number of nitrogens with two attached hydrogens (primary N) is 1. The largest absolute Gasteiger partial charge is 0.493 e. The number of hydrogen-bond acceptors (Lipinski definition) is 2. The number of thiocarbonyl (C=S) groups is 1. The number of para-hydroxylation sites is 1. The number of ether oxygens (including phenoxy) is 1. The van der Waals surface area contributed by atoms with Gasteiger partial charge in [0.05, 0.1) is 12.2 Å². The van der Waals surface area contributed by atoms with Crippen LogP contribution in [0.2, 0.25) is 0 Å². The third-order valence-corrected chi connectivity index (χ3v) is 1.94. The van der Waals surface area contributed by atoms with Crippen LogP contribution in [0.5, 0.6) is 5.75 Å². The maximum absolute atomic E-state index is 5.59. The molecule has 0 aliphatic carbocycles. The summed E-state index contributed by atoms with van der Waals surface area (Å²) in [6.07, 6.45) is 0. The van der Waals surface area contributed by atoms with Crippen LogP contribution < -0.4 is 10.5 Å². The average Bonchev–Trinajstić information content (AvgIpc) is 2.15. The molecule has 0 heterocycles. The molecule has 0 radical (unpaired) electrons. The number of rotatable bonds is 4. The van der Waals surface area contributed by atoms with Gasteiger partial charge < -0.3 is 10.5 Å². The van der Waals surface area contributed by atoms with E-state index in [9.17, 15) is 0 Å². The maximum Gasteiger partial charge on any atom is 0.129 e. The van der Waals surface area contributed by atoms with E-state index in [0.29, 0.717) is 17.5 Å². The Bertz CT molecular complexity index is 323. The van der Waals surface area contributed by atoms with Crippen molar-refractivity contribution in [3.8, 4) is 5.75 Å². The van der Waals surface area contributed by atoms with Crippen LogP contribution in [0.15, 0.2) is 24.3 Å². The molecule has 0 atom stereocenters. The molecule has 0 spiro atoms. The second kappa shape index (κ2) is 4.96. The van der Waals surface area contributed by atoms with E-state index < -0.39 is 0 Å². The fourth-order valence-corrected chi connectivity index (χ4v) is 1.22. The van der Waals surface area contributed by atoms with Crippen molar-refractivity contribution in [3.63, 3.8) is 0 Å². The summed E-state index contributed by atoms with van der Waals surface area (Å²) in [7, 11) is 0. The van der Waals surface area contributed by atoms with Gasteiger partial charge in [-0.05, 0) is 18.1 Å². The van der Waals surface area contributed by atoms with Gasteiger partial charge in [-0.1, -0.05) is 38.2 Å². The van der Waals surface area contributed by atoms with Crippen LogP contribution in [0.25, 0.3) is 0 Å². The molecule has 0 aliphatic heterocycles. The zero-order chi connectivity index (χ0) is 10.6. The molecule has 0 bridgehead atoms. The Hall–Kier alpha value is -1.09. The summed E-state index contributed by atoms with van der Waals surface area (Å²) in [6, 6.07) is 7.57. The lowest BCUT2D eigenvalue weighted by molar-refractivity contribution is 0.270. The zero-order valence-corrected chi connectivity index (χ0v) is 9.30. The normalized spacial score (nSPS) is 10.2. The van der Waals surface area contributed by atoms with Crippen LogP contribution in [-0.2, 0) is 0 Å². The van der Waals surface area contributed by atoms with Gasteiger partial charge in [-0.3, -0.25) is 0 Å². The lowest BCUT2D eigenvalue weighted by atomic mass is 10.2. The average molecular weight is 209 g/mol. The first-order valence-corrected chi connectivity index (χ1v) is 5.03. The quantitative estimate of drug-likeness (QED) is 0.773. The lowest BCUT2D eigenvalue weighted by Crippen LogP contribution is -2.13. The molecule has 0 fully saturated rings. The highest BCUT2D eigenvalue weighted by Crippen LogP contribution is 2.18. The summed E-state index contributed by atoms with van der Waals surface area (Å²) in [5.41, 5.74) is 6.38. The molecule has 0 aromatic heterocycles. The van der Waals surface area contributed by atoms with Gasteiger partial charge in [-0.25, -0.2) is 0 Å². The summed E-state index contributed by atoms with van der Waals surface area (Å²) in [4.78, 5) is 0.379. The van der Waals surface area contributed by atoms with Gasteiger partial charge in [0.1, 0.15) is 10.7 Å². The number of hydrogen-bond donors (Lipinski definition) is 1. The SMILES string of the molecule is CC(C)COc1ccccc1C(N)=S. The Kier molecular flexibility index (Phi) is 3.89. The lowest BCUT2D eigenvalue weighted by Gasteiger charge is -2.11. The van der Waals surface area contributed by atoms with Crippen LogP contribution in [0.1, 0.15) is 19.4 Å². The molecule has 0 aliphatic rings. The Labute approximate surface area is 90.1 Å². The Morgan fingerprint density at radius 2 is 2.07 bits per heavy atom. The van der Waals surface area contributed by atoms with Gasteiger partial charge in [0.15, 0.2) is 0 Å². The molecule has 1 aromatic carbocycles. The van der Waals surface area contributed by atoms with Gasteiger partial charge in [0.25, 0.3) is 0 Å². The molecule has 0 unspecified atom stereocenters. The molecule has 1 aromatic rings. The third kappa shape index (κ3) is 3.00. The fraction of sp³-hybridized carbons (Fsp3) is 0.364. The molecule has 0 amide bonds. The minimum Gasteiger partial charge on any atom is -0.493 e. The van der Waals surface area contributed by atoms with E-state index in [2.05, 4.69) is 13.8 Å². The first kappa shape index (κ1) is 11.0. The molecule has 76 valence electrons. The van der Waals surface area contributed by atoms with Crippen molar-refractivity contribution in [2.24, 2.45) is 11.7 Å². The third-order valence-electron chi connectivity index (χ3n) is 1.72. The van der Waals surface area contributed by atoms with Gasteiger partial charge in [0.2, 0.25) is 0 Å². The van der Waals surface area contributed by atoms with E-state index in [1.54, 1.807) is 0 Å². The monoisotopic (exact) mass is 209 g/mol. The van der Waals surface area contributed by atoms with E-state index in [-0.39, 0.29) is 0 Å². The molecule has 2 N–H and O–H groups in total. The smallest absolute Gasteiger partial charge is 0.129 e. The highest BCUT2D eigenvalue weighted by Gasteiger charge is 2.05. The van der Waals surface area contributed by atoms with E-state index >= 15 is 0 Å². The minimum atomic E-state index is 0.379. The van der Waals surface area contributed by atoms with Crippen LogP contribution >= 0.6 is 12.2 Å². The summed E-state index contributed by atoms with van der Waals surface area (Å²) < 4.78 is 5.59. The topological polar surface area (TPSA) is 35.2 Å². The standard InChI is InChI=1S/C11H15NOS/c1-8(2)7-13-10-6-4-3-5-9(10)11(12)14/h3-6,8H,7H2,1-2H3,(H2,12,14). The van der Waals surface area contributed by atoms with E-state index in [4.69, 9.17) is 22.7 Å². The fourth-order valence-electron chi connectivity index (χ4n) is 1.05. The molecule has 0 saturated heterocycles. The van der Waals surface area contributed by atoms with Crippen LogP contribution in [0.3, 0.4) is 0 Å². The van der Waals surface area contributed by atoms with E-state index in [1.807, 2.05) is 24.3 Å². The van der Waals surface area contributed by atoms with Crippen molar-refractivity contribution in [2.45, 2.75) is 13.8 Å². The second-order valence-corrected chi connectivity index (χ2v) is 4.01. The second-order valence-electron chi connectivity index (χ2n) is 3.57. The van der Waals surface area contributed by atoms with Gasteiger partial charge >= 0.3 is 0 Å². The summed E-state index contributed by atoms with van der Waals surface area (Å²) in [5, 5.41) is 0. The van der Waals surface area contributed by atoms with E-state index in [1.165, 1.54) is 0 Å². The molecule has 3 heteroatoms. The zero-order valence-electron chi connectivity index (χ0n) is 8.49. The first-order chi connectivity index (χ1) is 6.61. The van der Waals surface area contributed by atoms with Crippen LogP contribution in [0.4, 0.5) is 0 Å². The first-order valence-electron chi connectivity index (χ1n) is 4.63. The van der Waals surface area contributed by atoms with E-state index in [0.717, 1.165) is 11.3 Å². The van der Waals surface area contributed by atoms with Crippen molar-refractivity contribution in [2.75, 3.05) is 6.61 Å². The summed E-state index contributed by atoms with van der Waals surface area (Å²) in [6.45, 7) is 4.88. The van der Waals surface area contributed by atoms with Gasteiger partial charge in [-0.2, -0.15) is 0 Å². The highest BCUT2D eigenvalue weighted by molar-refractivity contribution is 7.80. The van der Waals surface area contributed by atoms with Crippen molar-refractivity contribution in [1.82, 2.24) is 0 Å².